The highest BCUT2D eigenvalue weighted by Crippen LogP contribution is 2.18. The normalized spacial score (nSPS) is 10.9. The molecule has 0 heterocycles. The SMILES string of the molecule is COc1ccc(C=C(NC(=O)c2ccccc2)C(=O)Nc2cccc(Br)c2)cc1. The van der Waals surface area contributed by atoms with Gasteiger partial charge in [0.05, 0.1) is 7.11 Å². The quantitative estimate of drug-likeness (QED) is 0.526. The van der Waals surface area contributed by atoms with Gasteiger partial charge in [-0.25, -0.2) is 0 Å². The van der Waals surface area contributed by atoms with Crippen LogP contribution < -0.4 is 15.4 Å². The molecule has 29 heavy (non-hydrogen) atoms. The Hall–Kier alpha value is -3.38. The summed E-state index contributed by atoms with van der Waals surface area (Å²) in [5, 5.41) is 5.52. The van der Waals surface area contributed by atoms with Gasteiger partial charge in [0.1, 0.15) is 11.4 Å². The number of carbonyl (C=O) groups is 2. The van der Waals surface area contributed by atoms with Crippen molar-refractivity contribution < 1.29 is 14.3 Å². The molecule has 2 N–H and O–H groups in total. The Labute approximate surface area is 177 Å². The maximum atomic E-state index is 12.9. The molecule has 2 amide bonds. The van der Waals surface area contributed by atoms with E-state index in [9.17, 15) is 9.59 Å². The lowest BCUT2D eigenvalue weighted by Gasteiger charge is -2.12. The lowest BCUT2D eigenvalue weighted by Crippen LogP contribution is -2.30. The van der Waals surface area contributed by atoms with Crippen LogP contribution in [0.25, 0.3) is 6.08 Å². The first-order chi connectivity index (χ1) is 14.0. The van der Waals surface area contributed by atoms with Crippen LogP contribution in [-0.4, -0.2) is 18.9 Å². The van der Waals surface area contributed by atoms with Crippen molar-refractivity contribution in [1.82, 2.24) is 5.32 Å². The number of hydrogen-bond donors (Lipinski definition) is 2. The number of carbonyl (C=O) groups excluding carboxylic acids is 2. The standard InChI is InChI=1S/C23H19BrN2O3/c1-29-20-12-10-16(11-13-20)14-21(26-22(27)17-6-3-2-4-7-17)23(28)25-19-9-5-8-18(24)15-19/h2-15H,1H3,(H,25,28)(H,26,27). The third-order valence-corrected chi connectivity index (χ3v) is 4.53. The molecule has 3 aromatic carbocycles. The Morgan fingerprint density at radius 2 is 1.66 bits per heavy atom. The van der Waals surface area contributed by atoms with Gasteiger partial charge in [-0.1, -0.05) is 52.3 Å². The van der Waals surface area contributed by atoms with Crippen LogP contribution in [0.5, 0.6) is 5.75 Å². The number of hydrogen-bond acceptors (Lipinski definition) is 3. The van der Waals surface area contributed by atoms with E-state index in [4.69, 9.17) is 4.74 Å². The maximum Gasteiger partial charge on any atom is 0.272 e. The number of halogens is 1. The van der Waals surface area contributed by atoms with Gasteiger partial charge in [0.15, 0.2) is 0 Å². The van der Waals surface area contributed by atoms with Gasteiger partial charge in [-0.05, 0) is 54.1 Å². The van der Waals surface area contributed by atoms with E-state index in [0.29, 0.717) is 17.0 Å². The molecule has 5 nitrogen and oxygen atoms in total. The lowest BCUT2D eigenvalue weighted by atomic mass is 10.1. The van der Waals surface area contributed by atoms with Gasteiger partial charge >= 0.3 is 0 Å². The summed E-state index contributed by atoms with van der Waals surface area (Å²) in [7, 11) is 1.59. The van der Waals surface area contributed by atoms with Crippen molar-refractivity contribution in [1.29, 1.82) is 0 Å². The number of ether oxygens (including phenoxy) is 1. The summed E-state index contributed by atoms with van der Waals surface area (Å²) < 4.78 is 6.00. The summed E-state index contributed by atoms with van der Waals surface area (Å²) in [6, 6.07) is 23.1. The summed E-state index contributed by atoms with van der Waals surface area (Å²) >= 11 is 3.38. The van der Waals surface area contributed by atoms with Gasteiger partial charge in [0.2, 0.25) is 0 Å². The van der Waals surface area contributed by atoms with Gasteiger partial charge in [0, 0.05) is 15.7 Å². The zero-order valence-electron chi connectivity index (χ0n) is 15.7. The van der Waals surface area contributed by atoms with Crippen LogP contribution in [0.3, 0.4) is 0 Å². The Morgan fingerprint density at radius 3 is 2.31 bits per heavy atom. The Morgan fingerprint density at radius 1 is 0.931 bits per heavy atom. The van der Waals surface area contributed by atoms with Crippen LogP contribution >= 0.6 is 15.9 Å². The zero-order chi connectivity index (χ0) is 20.6. The second-order valence-electron chi connectivity index (χ2n) is 6.12. The Balaban J connectivity index is 1.88. The van der Waals surface area contributed by atoms with E-state index < -0.39 is 5.91 Å². The summed E-state index contributed by atoms with van der Waals surface area (Å²) in [5.74, 6) is -0.0893. The van der Waals surface area contributed by atoms with E-state index in [2.05, 4.69) is 26.6 Å². The highest BCUT2D eigenvalue weighted by Gasteiger charge is 2.15. The average Bonchev–Trinajstić information content (AvgIpc) is 2.74. The van der Waals surface area contributed by atoms with Crippen molar-refractivity contribution in [3.8, 4) is 5.75 Å². The zero-order valence-corrected chi connectivity index (χ0v) is 17.3. The van der Waals surface area contributed by atoms with Crippen LogP contribution in [-0.2, 0) is 4.79 Å². The molecule has 3 rings (SSSR count). The molecule has 0 radical (unpaired) electrons. The molecule has 6 heteroatoms. The molecule has 0 aliphatic carbocycles. The number of nitrogens with one attached hydrogen (secondary N) is 2. The van der Waals surface area contributed by atoms with Crippen LogP contribution in [0.1, 0.15) is 15.9 Å². The van der Waals surface area contributed by atoms with E-state index in [0.717, 1.165) is 10.0 Å². The van der Waals surface area contributed by atoms with Crippen molar-refractivity contribution in [2.24, 2.45) is 0 Å². The number of rotatable bonds is 6. The second kappa shape index (κ2) is 9.71. The van der Waals surface area contributed by atoms with Crippen LogP contribution in [0, 0.1) is 0 Å². The predicted octanol–water partition coefficient (Wildman–Crippen LogP) is 4.87. The number of methoxy groups -OCH3 is 1. The van der Waals surface area contributed by atoms with Crippen LogP contribution in [0.2, 0.25) is 0 Å². The van der Waals surface area contributed by atoms with Gasteiger partial charge in [-0.3, -0.25) is 9.59 Å². The second-order valence-corrected chi connectivity index (χ2v) is 7.03. The molecule has 0 saturated heterocycles. The minimum absolute atomic E-state index is 0.129. The molecule has 0 fully saturated rings. The fourth-order valence-electron chi connectivity index (χ4n) is 2.57. The van der Waals surface area contributed by atoms with E-state index in [-0.39, 0.29) is 11.6 Å². The highest BCUT2D eigenvalue weighted by molar-refractivity contribution is 9.10. The van der Waals surface area contributed by atoms with E-state index in [1.54, 1.807) is 73.8 Å². The summed E-state index contributed by atoms with van der Waals surface area (Å²) in [5.41, 5.74) is 1.95. The van der Waals surface area contributed by atoms with Gasteiger partial charge in [-0.2, -0.15) is 0 Å². The molecule has 0 aliphatic rings. The topological polar surface area (TPSA) is 67.4 Å². The molecule has 146 valence electrons. The fourth-order valence-corrected chi connectivity index (χ4v) is 2.97. The minimum atomic E-state index is -0.428. The van der Waals surface area contributed by atoms with Crippen molar-refractivity contribution in [3.05, 3.63) is 100 Å². The molecule has 3 aromatic rings. The molecular weight excluding hydrogens is 432 g/mol. The molecule has 0 atom stereocenters. The fraction of sp³-hybridized carbons (Fsp3) is 0.0435. The van der Waals surface area contributed by atoms with E-state index >= 15 is 0 Å². The summed E-state index contributed by atoms with van der Waals surface area (Å²) in [4.78, 5) is 25.5. The van der Waals surface area contributed by atoms with Crippen molar-refractivity contribution in [2.45, 2.75) is 0 Å². The highest BCUT2D eigenvalue weighted by atomic mass is 79.9. The first kappa shape index (κ1) is 20.4. The third kappa shape index (κ3) is 5.80. The molecule has 0 saturated carbocycles. The molecular formula is C23H19BrN2O3. The van der Waals surface area contributed by atoms with Gasteiger partial charge < -0.3 is 15.4 Å². The van der Waals surface area contributed by atoms with Crippen LogP contribution in [0.4, 0.5) is 5.69 Å². The lowest BCUT2D eigenvalue weighted by molar-refractivity contribution is -0.113. The van der Waals surface area contributed by atoms with Crippen molar-refractivity contribution in [3.63, 3.8) is 0 Å². The monoisotopic (exact) mass is 450 g/mol. The number of anilines is 1. The number of benzene rings is 3. The molecule has 0 aromatic heterocycles. The summed E-state index contributed by atoms with van der Waals surface area (Å²) in [6.45, 7) is 0. The third-order valence-electron chi connectivity index (χ3n) is 4.04. The van der Waals surface area contributed by atoms with Gasteiger partial charge in [-0.15, -0.1) is 0 Å². The largest absolute Gasteiger partial charge is 0.497 e. The number of amides is 2. The molecule has 0 unspecified atom stereocenters. The Bertz CT molecular complexity index is 1030. The van der Waals surface area contributed by atoms with Gasteiger partial charge in [0.25, 0.3) is 11.8 Å². The first-order valence-electron chi connectivity index (χ1n) is 8.84. The first-order valence-corrected chi connectivity index (χ1v) is 9.63. The molecule has 0 aliphatic heterocycles. The Kier molecular flexibility index (Phi) is 6.81. The van der Waals surface area contributed by atoms with Crippen molar-refractivity contribution >= 4 is 39.5 Å². The average molecular weight is 451 g/mol. The predicted molar refractivity (Wildman–Crippen MR) is 118 cm³/mol. The molecule has 0 spiro atoms. The van der Waals surface area contributed by atoms with Crippen molar-refractivity contribution in [2.75, 3.05) is 12.4 Å². The molecule has 0 bridgehead atoms. The summed E-state index contributed by atoms with van der Waals surface area (Å²) in [6.07, 6.45) is 1.62. The van der Waals surface area contributed by atoms with Crippen LogP contribution in [0.15, 0.2) is 89.0 Å². The smallest absolute Gasteiger partial charge is 0.272 e. The minimum Gasteiger partial charge on any atom is -0.497 e. The maximum absolute atomic E-state index is 12.9. The van der Waals surface area contributed by atoms with E-state index in [1.165, 1.54) is 0 Å². The van der Waals surface area contributed by atoms with E-state index in [1.807, 2.05) is 18.2 Å².